The van der Waals surface area contributed by atoms with Crippen molar-refractivity contribution in [3.8, 4) is 0 Å². The largest absolute Gasteiger partial charge is 0.0804 e. The van der Waals surface area contributed by atoms with Crippen LogP contribution in [-0.2, 0) is 0 Å². The second-order valence-electron chi connectivity index (χ2n) is 8.00. The molecule has 0 nitrogen and oxygen atoms in total. The summed E-state index contributed by atoms with van der Waals surface area (Å²) in [7, 11) is 0. The summed E-state index contributed by atoms with van der Waals surface area (Å²) in [5.74, 6) is 1.42. The van der Waals surface area contributed by atoms with E-state index in [1.807, 2.05) is 0 Å². The van der Waals surface area contributed by atoms with Gasteiger partial charge in [-0.2, -0.15) is 0 Å². The second-order valence-corrected chi connectivity index (χ2v) is 8.00. The van der Waals surface area contributed by atoms with Gasteiger partial charge >= 0.3 is 0 Å². The summed E-state index contributed by atoms with van der Waals surface area (Å²) in [5.41, 5.74) is 5.75. The van der Waals surface area contributed by atoms with E-state index in [1.165, 1.54) is 25.7 Å². The summed E-state index contributed by atoms with van der Waals surface area (Å²) in [6.45, 7) is 12.0. The molecule has 1 fully saturated rings. The van der Waals surface area contributed by atoms with Gasteiger partial charge in [-0.25, -0.2) is 0 Å². The third-order valence-corrected chi connectivity index (χ3v) is 5.91. The lowest BCUT2D eigenvalue weighted by molar-refractivity contribution is 0.161. The number of hydrogen-bond donors (Lipinski definition) is 0. The molecule has 1 unspecified atom stereocenters. The Hall–Kier alpha value is -0.780. The standard InChI is InChI=1S/C19H28/c1-13(2)14-7-8-16-15(11-14)12-17-18(3,4)9-6-10-19(16,17)5/h7,11-13,16H,6,8-10H2,1-5H3/t16?,19-/m0/s1. The maximum absolute atomic E-state index is 2.57. The van der Waals surface area contributed by atoms with Crippen molar-refractivity contribution >= 4 is 0 Å². The maximum atomic E-state index is 2.57. The van der Waals surface area contributed by atoms with Gasteiger partial charge in [-0.3, -0.25) is 0 Å². The Morgan fingerprint density at radius 3 is 2.53 bits per heavy atom. The fourth-order valence-corrected chi connectivity index (χ4v) is 4.74. The molecule has 0 aromatic carbocycles. The van der Waals surface area contributed by atoms with Crippen molar-refractivity contribution in [2.45, 2.75) is 60.3 Å². The lowest BCUT2D eigenvalue weighted by atomic mass is 9.58. The molecule has 0 N–H and O–H groups in total. The van der Waals surface area contributed by atoms with Crippen molar-refractivity contribution in [2.75, 3.05) is 0 Å². The van der Waals surface area contributed by atoms with Crippen LogP contribution in [0.5, 0.6) is 0 Å². The van der Waals surface area contributed by atoms with E-state index in [0.29, 0.717) is 16.7 Å². The molecule has 1 saturated carbocycles. The summed E-state index contributed by atoms with van der Waals surface area (Å²) in [4.78, 5) is 0. The molecule has 0 bridgehead atoms. The minimum atomic E-state index is 0.406. The Kier molecular flexibility index (Phi) is 2.86. The van der Waals surface area contributed by atoms with Crippen molar-refractivity contribution < 1.29 is 0 Å². The molecule has 3 aliphatic carbocycles. The third-order valence-electron chi connectivity index (χ3n) is 5.91. The van der Waals surface area contributed by atoms with Gasteiger partial charge in [0.1, 0.15) is 0 Å². The van der Waals surface area contributed by atoms with E-state index >= 15 is 0 Å². The summed E-state index contributed by atoms with van der Waals surface area (Å²) in [6, 6.07) is 0. The molecular weight excluding hydrogens is 228 g/mol. The first-order chi connectivity index (χ1) is 8.84. The Morgan fingerprint density at radius 2 is 1.84 bits per heavy atom. The van der Waals surface area contributed by atoms with Gasteiger partial charge in [-0.15, -0.1) is 0 Å². The Balaban J connectivity index is 2.03. The van der Waals surface area contributed by atoms with Crippen LogP contribution in [0.25, 0.3) is 0 Å². The van der Waals surface area contributed by atoms with Crippen LogP contribution in [0.1, 0.15) is 60.3 Å². The Labute approximate surface area is 118 Å². The fraction of sp³-hybridized carbons (Fsp3) is 0.684. The zero-order valence-corrected chi connectivity index (χ0v) is 13.2. The van der Waals surface area contributed by atoms with Crippen LogP contribution >= 0.6 is 0 Å². The van der Waals surface area contributed by atoms with E-state index in [1.54, 1.807) is 16.7 Å². The van der Waals surface area contributed by atoms with Crippen molar-refractivity contribution in [2.24, 2.45) is 22.7 Å². The van der Waals surface area contributed by atoms with Crippen molar-refractivity contribution in [1.29, 1.82) is 0 Å². The molecule has 0 aliphatic heterocycles. The van der Waals surface area contributed by atoms with E-state index in [2.05, 4.69) is 52.8 Å². The van der Waals surface area contributed by atoms with Crippen molar-refractivity contribution in [1.82, 2.24) is 0 Å². The molecular formula is C19H28. The van der Waals surface area contributed by atoms with Crippen LogP contribution in [-0.4, -0.2) is 0 Å². The van der Waals surface area contributed by atoms with Gasteiger partial charge in [0.25, 0.3) is 0 Å². The van der Waals surface area contributed by atoms with Gasteiger partial charge in [-0.1, -0.05) is 64.8 Å². The quantitative estimate of drug-likeness (QED) is 0.567. The molecule has 3 aliphatic rings. The first-order valence-corrected chi connectivity index (χ1v) is 7.99. The SMILES string of the molecule is CC(C)C1=CCC2C(=C1)C=C1C(C)(C)CCC[C@]12C. The van der Waals surface area contributed by atoms with Crippen LogP contribution in [0.3, 0.4) is 0 Å². The molecule has 0 saturated heterocycles. The molecule has 0 aromatic rings. The molecule has 0 heterocycles. The second kappa shape index (κ2) is 4.11. The van der Waals surface area contributed by atoms with E-state index in [-0.39, 0.29) is 0 Å². The highest BCUT2D eigenvalue weighted by atomic mass is 14.5. The van der Waals surface area contributed by atoms with Crippen LogP contribution in [0.4, 0.5) is 0 Å². The smallest absolute Gasteiger partial charge is 0.00355 e. The highest BCUT2D eigenvalue weighted by molar-refractivity contribution is 5.49. The lowest BCUT2D eigenvalue weighted by Gasteiger charge is -2.46. The van der Waals surface area contributed by atoms with Gasteiger partial charge in [0.2, 0.25) is 0 Å². The molecule has 2 atom stereocenters. The zero-order valence-electron chi connectivity index (χ0n) is 13.2. The maximum Gasteiger partial charge on any atom is -0.00355 e. The minimum Gasteiger partial charge on any atom is -0.0804 e. The number of hydrogen-bond acceptors (Lipinski definition) is 0. The molecule has 19 heavy (non-hydrogen) atoms. The first-order valence-electron chi connectivity index (χ1n) is 7.99. The Bertz CT molecular complexity index is 484. The molecule has 3 rings (SSSR count). The zero-order chi connectivity index (χ0) is 13.8. The number of allylic oxidation sites excluding steroid dienone is 6. The third kappa shape index (κ3) is 1.87. The van der Waals surface area contributed by atoms with E-state index in [0.717, 1.165) is 5.92 Å². The average Bonchev–Trinajstić information content (AvgIpc) is 2.63. The van der Waals surface area contributed by atoms with Crippen LogP contribution < -0.4 is 0 Å². The topological polar surface area (TPSA) is 0 Å². The average molecular weight is 256 g/mol. The van der Waals surface area contributed by atoms with Crippen molar-refractivity contribution in [3.63, 3.8) is 0 Å². The summed E-state index contributed by atoms with van der Waals surface area (Å²) < 4.78 is 0. The molecule has 0 radical (unpaired) electrons. The van der Waals surface area contributed by atoms with Crippen molar-refractivity contribution in [3.05, 3.63) is 34.9 Å². The predicted octanol–water partition coefficient (Wildman–Crippen LogP) is 5.67. The van der Waals surface area contributed by atoms with Crippen LogP contribution in [0.15, 0.2) is 34.9 Å². The molecule has 0 aromatic heterocycles. The summed E-state index contributed by atoms with van der Waals surface area (Å²) >= 11 is 0. The van der Waals surface area contributed by atoms with E-state index in [9.17, 15) is 0 Å². The predicted molar refractivity (Wildman–Crippen MR) is 82.9 cm³/mol. The monoisotopic (exact) mass is 256 g/mol. The van der Waals surface area contributed by atoms with Gasteiger partial charge in [0, 0.05) is 0 Å². The summed E-state index contributed by atoms with van der Waals surface area (Å²) in [5, 5.41) is 0. The fourth-order valence-electron chi connectivity index (χ4n) is 4.74. The number of rotatable bonds is 1. The highest BCUT2D eigenvalue weighted by Crippen LogP contribution is 2.61. The molecule has 0 spiro atoms. The van der Waals surface area contributed by atoms with Gasteiger partial charge in [0.15, 0.2) is 0 Å². The molecule has 0 heteroatoms. The van der Waals surface area contributed by atoms with Crippen LogP contribution in [0.2, 0.25) is 0 Å². The van der Waals surface area contributed by atoms with Gasteiger partial charge < -0.3 is 0 Å². The number of fused-ring (bicyclic) bond motifs is 3. The molecule has 104 valence electrons. The highest BCUT2D eigenvalue weighted by Gasteiger charge is 2.50. The van der Waals surface area contributed by atoms with Crippen LogP contribution in [0, 0.1) is 22.7 Å². The summed E-state index contributed by atoms with van der Waals surface area (Å²) in [6.07, 6.45) is 13.0. The normalized spacial score (nSPS) is 36.3. The lowest BCUT2D eigenvalue weighted by Crippen LogP contribution is -2.36. The minimum absolute atomic E-state index is 0.406. The first kappa shape index (κ1) is 13.2. The van der Waals surface area contributed by atoms with Gasteiger partial charge in [-0.05, 0) is 53.1 Å². The van der Waals surface area contributed by atoms with Gasteiger partial charge in [0.05, 0.1) is 0 Å². The van der Waals surface area contributed by atoms with E-state index in [4.69, 9.17) is 0 Å². The Morgan fingerprint density at radius 1 is 1.11 bits per heavy atom. The van der Waals surface area contributed by atoms with E-state index < -0.39 is 0 Å². The molecule has 0 amide bonds.